The predicted octanol–water partition coefficient (Wildman–Crippen LogP) is 2.70. The maximum atomic E-state index is 13.0. The molecule has 4 heteroatoms. The third kappa shape index (κ3) is 3.30. The number of ether oxygens (including phenoxy) is 1. The van der Waals surface area contributed by atoms with E-state index in [9.17, 15) is 9.50 Å². The smallest absolute Gasteiger partial charge is 0.125 e. The van der Waals surface area contributed by atoms with Gasteiger partial charge in [-0.05, 0) is 49.2 Å². The molecule has 1 aliphatic rings. The van der Waals surface area contributed by atoms with E-state index in [1.165, 1.54) is 12.1 Å². The Bertz CT molecular complexity index is 434. The summed E-state index contributed by atoms with van der Waals surface area (Å²) >= 11 is 0. The van der Waals surface area contributed by atoms with Crippen LogP contribution in [0.25, 0.3) is 0 Å². The summed E-state index contributed by atoms with van der Waals surface area (Å²) in [5, 5.41) is 10.0. The fourth-order valence-electron chi connectivity index (χ4n) is 2.13. The van der Waals surface area contributed by atoms with Crippen LogP contribution in [0.15, 0.2) is 30.4 Å². The van der Waals surface area contributed by atoms with Crippen LogP contribution in [0.2, 0.25) is 0 Å². The molecule has 2 rings (SSSR count). The van der Waals surface area contributed by atoms with E-state index in [1.807, 2.05) is 12.2 Å². The number of benzene rings is 1. The second-order valence-corrected chi connectivity index (χ2v) is 4.93. The highest BCUT2D eigenvalue weighted by Crippen LogP contribution is 2.29. The lowest BCUT2D eigenvalue weighted by atomic mass is 9.97. The van der Waals surface area contributed by atoms with Gasteiger partial charge in [-0.2, -0.15) is 0 Å². The average molecular weight is 268 g/mol. The van der Waals surface area contributed by atoms with Gasteiger partial charge in [-0.25, -0.2) is 4.39 Å². The Balaban J connectivity index is 1.99. The number of rotatable bonds is 4. The first-order valence-electron chi connectivity index (χ1n) is 6.19. The largest absolute Gasteiger partial charge is 0.487 e. The first-order valence-corrected chi connectivity index (χ1v) is 7.00. The highest BCUT2D eigenvalue weighted by Gasteiger charge is 2.25. The van der Waals surface area contributed by atoms with E-state index in [4.69, 9.17) is 4.74 Å². The van der Waals surface area contributed by atoms with Gasteiger partial charge in [-0.1, -0.05) is 12.2 Å². The first-order chi connectivity index (χ1) is 8.70. The van der Waals surface area contributed by atoms with Crippen LogP contribution < -0.4 is 4.74 Å². The fourth-order valence-corrected chi connectivity index (χ4v) is 2.33. The van der Waals surface area contributed by atoms with Crippen molar-refractivity contribution in [1.82, 2.24) is 0 Å². The van der Waals surface area contributed by atoms with Gasteiger partial charge in [0.15, 0.2) is 0 Å². The van der Waals surface area contributed by atoms with Crippen molar-refractivity contribution in [3.8, 4) is 5.75 Å². The highest BCUT2D eigenvalue weighted by atomic mass is 31.0. The summed E-state index contributed by atoms with van der Waals surface area (Å²) in [5.41, 5.74) is 0.888. The van der Waals surface area contributed by atoms with E-state index < -0.39 is 6.10 Å². The van der Waals surface area contributed by atoms with Gasteiger partial charge in [0, 0.05) is 0 Å². The molecule has 1 aromatic carbocycles. The van der Waals surface area contributed by atoms with E-state index >= 15 is 0 Å². The van der Waals surface area contributed by atoms with E-state index in [1.54, 1.807) is 6.07 Å². The molecule has 18 heavy (non-hydrogen) atoms. The summed E-state index contributed by atoms with van der Waals surface area (Å²) < 4.78 is 18.8. The second-order valence-electron chi connectivity index (χ2n) is 4.46. The molecule has 1 aromatic rings. The van der Waals surface area contributed by atoms with Crippen LogP contribution in [-0.2, 0) is 6.42 Å². The van der Waals surface area contributed by atoms with Crippen LogP contribution in [0.1, 0.15) is 18.4 Å². The normalized spacial score (nSPS) is 20.5. The maximum absolute atomic E-state index is 13.0. The predicted molar refractivity (Wildman–Crippen MR) is 73.5 cm³/mol. The SMILES string of the molecule is OC(CC=CCP)C1CCc2cc(F)ccc2O1. The molecule has 0 radical (unpaired) electrons. The van der Waals surface area contributed by atoms with E-state index in [2.05, 4.69) is 9.24 Å². The molecule has 3 atom stereocenters. The van der Waals surface area contributed by atoms with Gasteiger partial charge in [-0.15, -0.1) is 9.24 Å². The lowest BCUT2D eigenvalue weighted by molar-refractivity contribution is 0.0259. The molecular formula is C14H18FO2P. The summed E-state index contributed by atoms with van der Waals surface area (Å²) in [6.45, 7) is 0. The summed E-state index contributed by atoms with van der Waals surface area (Å²) in [6, 6.07) is 4.54. The molecule has 0 spiro atoms. The summed E-state index contributed by atoms with van der Waals surface area (Å²) in [5.74, 6) is 0.460. The molecule has 0 aromatic heterocycles. The van der Waals surface area contributed by atoms with Crippen molar-refractivity contribution in [2.24, 2.45) is 0 Å². The molecule has 0 saturated carbocycles. The van der Waals surface area contributed by atoms with E-state index in [-0.39, 0.29) is 11.9 Å². The number of hydrogen-bond acceptors (Lipinski definition) is 2. The van der Waals surface area contributed by atoms with Crippen molar-refractivity contribution in [1.29, 1.82) is 0 Å². The van der Waals surface area contributed by atoms with E-state index in [0.717, 1.165) is 24.6 Å². The lowest BCUT2D eigenvalue weighted by Crippen LogP contribution is -2.34. The van der Waals surface area contributed by atoms with Crippen molar-refractivity contribution in [2.45, 2.75) is 31.5 Å². The zero-order valence-electron chi connectivity index (χ0n) is 10.2. The molecule has 3 unspecified atom stereocenters. The Morgan fingerprint density at radius 3 is 3.11 bits per heavy atom. The van der Waals surface area contributed by atoms with Crippen LogP contribution in [0.3, 0.4) is 0 Å². The van der Waals surface area contributed by atoms with Gasteiger partial charge in [0.1, 0.15) is 17.7 Å². The van der Waals surface area contributed by atoms with Gasteiger partial charge in [0.2, 0.25) is 0 Å². The topological polar surface area (TPSA) is 29.5 Å². The van der Waals surface area contributed by atoms with Gasteiger partial charge < -0.3 is 9.84 Å². The second kappa shape index (κ2) is 6.31. The molecule has 0 bridgehead atoms. The van der Waals surface area contributed by atoms with Crippen molar-refractivity contribution in [3.05, 3.63) is 41.7 Å². The quantitative estimate of drug-likeness (QED) is 0.672. The van der Waals surface area contributed by atoms with Crippen LogP contribution in [0, 0.1) is 5.82 Å². The number of hydrogen-bond donors (Lipinski definition) is 1. The molecule has 0 aliphatic carbocycles. The van der Waals surface area contributed by atoms with Crippen molar-refractivity contribution < 1.29 is 14.2 Å². The molecule has 1 N–H and O–H groups in total. The number of fused-ring (bicyclic) bond motifs is 1. The third-order valence-corrected chi connectivity index (χ3v) is 3.38. The molecule has 0 fully saturated rings. The summed E-state index contributed by atoms with van der Waals surface area (Å²) in [4.78, 5) is 0. The average Bonchev–Trinajstić information content (AvgIpc) is 2.38. The van der Waals surface area contributed by atoms with Crippen molar-refractivity contribution in [3.63, 3.8) is 0 Å². The van der Waals surface area contributed by atoms with Crippen molar-refractivity contribution >= 4 is 9.24 Å². The number of aryl methyl sites for hydroxylation is 1. The minimum absolute atomic E-state index is 0.197. The Morgan fingerprint density at radius 2 is 2.33 bits per heavy atom. The summed E-state index contributed by atoms with van der Waals surface area (Å²) in [7, 11) is 2.61. The zero-order chi connectivity index (χ0) is 13.0. The Hall–Kier alpha value is -0.920. The Labute approximate surface area is 109 Å². The number of allylic oxidation sites excluding steroid dienone is 1. The van der Waals surface area contributed by atoms with Crippen LogP contribution in [0.5, 0.6) is 5.75 Å². The minimum atomic E-state index is -0.504. The van der Waals surface area contributed by atoms with Crippen LogP contribution in [0.4, 0.5) is 4.39 Å². The lowest BCUT2D eigenvalue weighted by Gasteiger charge is -2.29. The van der Waals surface area contributed by atoms with Crippen LogP contribution in [-0.4, -0.2) is 23.5 Å². The fraction of sp³-hybridized carbons (Fsp3) is 0.429. The van der Waals surface area contributed by atoms with Gasteiger partial charge >= 0.3 is 0 Å². The molecule has 1 aliphatic heterocycles. The number of halogens is 1. The van der Waals surface area contributed by atoms with E-state index in [0.29, 0.717) is 12.2 Å². The molecule has 1 heterocycles. The zero-order valence-corrected chi connectivity index (χ0v) is 11.3. The molecule has 0 amide bonds. The van der Waals surface area contributed by atoms with Gasteiger partial charge in [-0.3, -0.25) is 0 Å². The van der Waals surface area contributed by atoms with Crippen LogP contribution >= 0.6 is 9.24 Å². The van der Waals surface area contributed by atoms with Crippen molar-refractivity contribution in [2.75, 3.05) is 6.16 Å². The first kappa shape index (κ1) is 13.5. The number of aliphatic hydroxyl groups excluding tert-OH is 1. The Morgan fingerprint density at radius 1 is 1.50 bits per heavy atom. The molecule has 98 valence electrons. The Kier molecular flexibility index (Phi) is 4.73. The summed E-state index contributed by atoms with van der Waals surface area (Å²) in [6.07, 6.45) is 6.22. The van der Waals surface area contributed by atoms with Gasteiger partial charge in [0.25, 0.3) is 0 Å². The number of aliphatic hydroxyl groups is 1. The standard InChI is InChI=1S/C14H18FO2P/c15-11-5-7-13-10(9-11)4-6-14(17-13)12(16)3-1-2-8-18/h1-2,5,7,9,12,14,16H,3-4,6,8,18H2. The van der Waals surface area contributed by atoms with Gasteiger partial charge in [0.05, 0.1) is 6.10 Å². The monoisotopic (exact) mass is 268 g/mol. The minimum Gasteiger partial charge on any atom is -0.487 e. The third-order valence-electron chi connectivity index (χ3n) is 3.11. The highest BCUT2D eigenvalue weighted by molar-refractivity contribution is 7.16. The molecule has 0 saturated heterocycles. The molecular weight excluding hydrogens is 250 g/mol. The maximum Gasteiger partial charge on any atom is 0.125 e. The molecule has 2 nitrogen and oxygen atoms in total.